The molecule has 0 heterocycles. The molecule has 14 heavy (non-hydrogen) atoms. The van der Waals surface area contributed by atoms with Gasteiger partial charge in [-0.2, -0.15) is 0 Å². The number of hydrogen-bond donors (Lipinski definition) is 2. The quantitative estimate of drug-likeness (QED) is 0.722. The molecular formula is C12H12O2. The molecule has 72 valence electrons. The predicted molar refractivity (Wildman–Crippen MR) is 56.2 cm³/mol. The first-order valence-corrected chi connectivity index (χ1v) is 4.59. The topological polar surface area (TPSA) is 40.5 Å². The lowest BCUT2D eigenvalue weighted by Gasteiger charge is -2.09. The molecule has 0 radical (unpaired) electrons. The highest BCUT2D eigenvalue weighted by molar-refractivity contribution is 5.90. The second-order valence-corrected chi connectivity index (χ2v) is 3.40. The standard InChI is InChI=1S/C12H12O2/c1-8(13)9-6-7-12(14)11-5-3-2-4-10(9)11/h2-8,13-14H,1H3. The summed E-state index contributed by atoms with van der Waals surface area (Å²) in [4.78, 5) is 0. The SMILES string of the molecule is CC(O)c1ccc(O)c2ccccc12. The van der Waals surface area contributed by atoms with Crippen LogP contribution in [0, 0.1) is 0 Å². The van der Waals surface area contributed by atoms with E-state index in [1.807, 2.05) is 24.3 Å². The normalized spacial score (nSPS) is 13.0. The fourth-order valence-corrected chi connectivity index (χ4v) is 1.67. The highest BCUT2D eigenvalue weighted by Gasteiger charge is 2.07. The van der Waals surface area contributed by atoms with E-state index in [4.69, 9.17) is 0 Å². The number of rotatable bonds is 1. The molecule has 0 amide bonds. The van der Waals surface area contributed by atoms with Crippen molar-refractivity contribution < 1.29 is 10.2 Å². The Morgan fingerprint density at radius 1 is 1.00 bits per heavy atom. The van der Waals surface area contributed by atoms with Crippen LogP contribution in [0.1, 0.15) is 18.6 Å². The summed E-state index contributed by atoms with van der Waals surface area (Å²) in [7, 11) is 0. The molecule has 1 unspecified atom stereocenters. The van der Waals surface area contributed by atoms with Crippen LogP contribution in [-0.4, -0.2) is 10.2 Å². The molecule has 0 bridgehead atoms. The van der Waals surface area contributed by atoms with Gasteiger partial charge in [-0.15, -0.1) is 0 Å². The molecule has 1 atom stereocenters. The van der Waals surface area contributed by atoms with E-state index < -0.39 is 6.10 Å². The van der Waals surface area contributed by atoms with Gasteiger partial charge < -0.3 is 10.2 Å². The number of benzene rings is 2. The van der Waals surface area contributed by atoms with Crippen molar-refractivity contribution >= 4 is 10.8 Å². The molecule has 2 aromatic rings. The molecule has 2 nitrogen and oxygen atoms in total. The van der Waals surface area contributed by atoms with Gasteiger partial charge >= 0.3 is 0 Å². The van der Waals surface area contributed by atoms with Gasteiger partial charge in [0.2, 0.25) is 0 Å². The summed E-state index contributed by atoms with van der Waals surface area (Å²) in [6.45, 7) is 1.72. The fraction of sp³-hybridized carbons (Fsp3) is 0.167. The number of aliphatic hydroxyl groups is 1. The Balaban J connectivity index is 2.82. The third-order valence-corrected chi connectivity index (χ3v) is 2.38. The van der Waals surface area contributed by atoms with Crippen LogP contribution in [0.25, 0.3) is 10.8 Å². The minimum atomic E-state index is -0.513. The summed E-state index contributed by atoms with van der Waals surface area (Å²) in [5.74, 6) is 0.255. The molecule has 0 spiro atoms. The van der Waals surface area contributed by atoms with Crippen molar-refractivity contribution in [2.24, 2.45) is 0 Å². The van der Waals surface area contributed by atoms with Crippen LogP contribution in [0.15, 0.2) is 36.4 Å². The molecule has 0 saturated carbocycles. The number of hydrogen-bond acceptors (Lipinski definition) is 2. The van der Waals surface area contributed by atoms with E-state index in [2.05, 4.69) is 0 Å². The lowest BCUT2D eigenvalue weighted by molar-refractivity contribution is 0.201. The average Bonchev–Trinajstić information content (AvgIpc) is 2.18. The Bertz CT molecular complexity index is 461. The van der Waals surface area contributed by atoms with Crippen molar-refractivity contribution in [3.63, 3.8) is 0 Å². The van der Waals surface area contributed by atoms with Gasteiger partial charge in [0, 0.05) is 5.39 Å². The van der Waals surface area contributed by atoms with E-state index in [1.165, 1.54) is 0 Å². The molecule has 0 aliphatic heterocycles. The van der Waals surface area contributed by atoms with Crippen molar-refractivity contribution in [2.45, 2.75) is 13.0 Å². The van der Waals surface area contributed by atoms with Crippen molar-refractivity contribution in [1.29, 1.82) is 0 Å². The minimum absolute atomic E-state index is 0.255. The van der Waals surface area contributed by atoms with E-state index in [0.717, 1.165) is 16.3 Å². The van der Waals surface area contributed by atoms with Crippen molar-refractivity contribution in [3.05, 3.63) is 42.0 Å². The molecule has 2 heteroatoms. The van der Waals surface area contributed by atoms with E-state index in [-0.39, 0.29) is 5.75 Å². The molecule has 2 aromatic carbocycles. The van der Waals surface area contributed by atoms with Gasteiger partial charge in [-0.3, -0.25) is 0 Å². The van der Waals surface area contributed by atoms with Crippen LogP contribution in [0.5, 0.6) is 5.75 Å². The molecule has 0 saturated heterocycles. The first-order chi connectivity index (χ1) is 6.70. The lowest BCUT2D eigenvalue weighted by atomic mass is 10.0. The molecule has 2 rings (SSSR count). The van der Waals surface area contributed by atoms with Crippen molar-refractivity contribution in [3.8, 4) is 5.75 Å². The highest BCUT2D eigenvalue weighted by atomic mass is 16.3. The number of phenols is 1. The van der Waals surface area contributed by atoms with Crippen LogP contribution < -0.4 is 0 Å². The number of fused-ring (bicyclic) bond motifs is 1. The summed E-state index contributed by atoms with van der Waals surface area (Å²) in [6, 6.07) is 10.9. The minimum Gasteiger partial charge on any atom is -0.507 e. The van der Waals surface area contributed by atoms with Gasteiger partial charge in [0.1, 0.15) is 5.75 Å². The number of aliphatic hydroxyl groups excluding tert-OH is 1. The van der Waals surface area contributed by atoms with E-state index >= 15 is 0 Å². The van der Waals surface area contributed by atoms with Gasteiger partial charge in [-0.05, 0) is 23.9 Å². The van der Waals surface area contributed by atoms with Crippen molar-refractivity contribution in [2.75, 3.05) is 0 Å². The Labute approximate surface area is 82.4 Å². The maximum absolute atomic E-state index is 9.60. The van der Waals surface area contributed by atoms with Gasteiger partial charge in [-0.25, -0.2) is 0 Å². The Morgan fingerprint density at radius 3 is 2.29 bits per heavy atom. The average molecular weight is 188 g/mol. The van der Waals surface area contributed by atoms with Crippen LogP contribution >= 0.6 is 0 Å². The summed E-state index contributed by atoms with van der Waals surface area (Å²) < 4.78 is 0. The van der Waals surface area contributed by atoms with Gasteiger partial charge in [0.25, 0.3) is 0 Å². The fourth-order valence-electron chi connectivity index (χ4n) is 1.67. The van der Waals surface area contributed by atoms with Crippen LogP contribution in [0.4, 0.5) is 0 Å². The first kappa shape index (κ1) is 9.03. The Morgan fingerprint density at radius 2 is 1.64 bits per heavy atom. The molecule has 2 N–H and O–H groups in total. The molecule has 0 aliphatic rings. The summed E-state index contributed by atoms with van der Waals surface area (Å²) in [6.07, 6.45) is -0.513. The molecule has 0 aliphatic carbocycles. The first-order valence-electron chi connectivity index (χ1n) is 4.59. The Kier molecular flexibility index (Phi) is 2.14. The molecule has 0 aromatic heterocycles. The second-order valence-electron chi connectivity index (χ2n) is 3.40. The number of aromatic hydroxyl groups is 1. The summed E-state index contributed by atoms with van der Waals surface area (Å²) >= 11 is 0. The third-order valence-electron chi connectivity index (χ3n) is 2.38. The van der Waals surface area contributed by atoms with E-state index in [1.54, 1.807) is 19.1 Å². The van der Waals surface area contributed by atoms with Crippen molar-refractivity contribution in [1.82, 2.24) is 0 Å². The van der Waals surface area contributed by atoms with Gasteiger partial charge in [0.05, 0.1) is 6.10 Å². The van der Waals surface area contributed by atoms with E-state index in [0.29, 0.717) is 0 Å². The zero-order valence-corrected chi connectivity index (χ0v) is 7.94. The maximum Gasteiger partial charge on any atom is 0.123 e. The third kappa shape index (κ3) is 1.34. The zero-order valence-electron chi connectivity index (χ0n) is 7.94. The van der Waals surface area contributed by atoms with E-state index in [9.17, 15) is 10.2 Å². The summed E-state index contributed by atoms with van der Waals surface area (Å²) in [5.41, 5.74) is 0.846. The smallest absolute Gasteiger partial charge is 0.123 e. The summed E-state index contributed by atoms with van der Waals surface area (Å²) in [5, 5.41) is 20.8. The largest absolute Gasteiger partial charge is 0.507 e. The van der Waals surface area contributed by atoms with Gasteiger partial charge in [0.15, 0.2) is 0 Å². The molecular weight excluding hydrogens is 176 g/mol. The highest BCUT2D eigenvalue weighted by Crippen LogP contribution is 2.30. The second kappa shape index (κ2) is 3.31. The lowest BCUT2D eigenvalue weighted by Crippen LogP contribution is -1.92. The molecule has 0 fully saturated rings. The van der Waals surface area contributed by atoms with Gasteiger partial charge in [-0.1, -0.05) is 30.3 Å². The maximum atomic E-state index is 9.60. The zero-order chi connectivity index (χ0) is 10.1. The van der Waals surface area contributed by atoms with Crippen LogP contribution in [-0.2, 0) is 0 Å². The Hall–Kier alpha value is -1.54. The predicted octanol–water partition coefficient (Wildman–Crippen LogP) is 2.60. The number of phenolic OH excluding ortho intramolecular Hbond substituents is 1. The van der Waals surface area contributed by atoms with Crippen LogP contribution in [0.3, 0.4) is 0 Å². The van der Waals surface area contributed by atoms with Crippen LogP contribution in [0.2, 0.25) is 0 Å². The monoisotopic (exact) mass is 188 g/mol.